The predicted molar refractivity (Wildman–Crippen MR) is 124 cm³/mol. The highest BCUT2D eigenvalue weighted by atomic mass is 35.5. The van der Waals surface area contributed by atoms with E-state index < -0.39 is 0 Å². The topological polar surface area (TPSA) is 106 Å². The number of methoxy groups -OCH3 is 1. The first-order valence-corrected chi connectivity index (χ1v) is 10.3. The Hall–Kier alpha value is -4.42. The van der Waals surface area contributed by atoms with Gasteiger partial charge in [0.15, 0.2) is 0 Å². The van der Waals surface area contributed by atoms with Gasteiger partial charge in [-0.05, 0) is 31.2 Å². The molecule has 0 bridgehead atoms. The van der Waals surface area contributed by atoms with Crippen LogP contribution in [0.5, 0.6) is 5.75 Å². The van der Waals surface area contributed by atoms with Crippen molar-refractivity contribution in [2.75, 3.05) is 12.4 Å². The molecule has 0 amide bonds. The van der Waals surface area contributed by atoms with E-state index in [1.807, 2.05) is 48.0 Å². The number of nitriles is 1. The lowest BCUT2D eigenvalue weighted by Crippen LogP contribution is -2.01. The zero-order chi connectivity index (χ0) is 22.9. The molecule has 9 nitrogen and oxygen atoms in total. The number of fused-ring (bicyclic) bond motifs is 1. The molecule has 0 saturated carbocycles. The normalized spacial score (nSPS) is 10.8. The Morgan fingerprint density at radius 1 is 1.12 bits per heavy atom. The maximum atomic E-state index is 9.60. The minimum absolute atomic E-state index is 0.334. The fraction of sp³-hybridized carbons (Fsp3) is 0.0870. The molecule has 0 unspecified atom stereocenters. The molecular weight excluding hydrogens is 440 g/mol. The Bertz CT molecular complexity index is 1510. The average Bonchev–Trinajstić information content (AvgIpc) is 3.44. The Balaban J connectivity index is 1.53. The third-order valence-electron chi connectivity index (χ3n) is 5.03. The van der Waals surface area contributed by atoms with Gasteiger partial charge in [-0.2, -0.15) is 14.8 Å². The van der Waals surface area contributed by atoms with Crippen molar-refractivity contribution in [2.24, 2.45) is 0 Å². The second kappa shape index (κ2) is 8.26. The third-order valence-corrected chi connectivity index (χ3v) is 5.28. The van der Waals surface area contributed by atoms with Crippen LogP contribution in [0.2, 0.25) is 5.02 Å². The minimum Gasteiger partial charge on any atom is -0.494 e. The highest BCUT2D eigenvalue weighted by Gasteiger charge is 2.16. The molecule has 0 radical (unpaired) electrons. The zero-order valence-corrected chi connectivity index (χ0v) is 18.4. The number of aryl methyl sites for hydroxylation is 1. The number of imidazole rings is 1. The Morgan fingerprint density at radius 3 is 2.64 bits per heavy atom. The number of hydrogen-bond donors (Lipinski definition) is 1. The van der Waals surface area contributed by atoms with Gasteiger partial charge >= 0.3 is 0 Å². The standard InChI is InChI=1S/C23H17ClN8O/c1-14-12-31(13-27-14)19-8-7-18(9-20(19)33-2)28-22-29-23-26-11-16(10-25)21(32(23)30-22)15-3-5-17(24)6-4-15/h3-9,11-13H,1-2H3,(H,28,30). The van der Waals surface area contributed by atoms with Gasteiger partial charge in [-0.25, -0.2) is 9.97 Å². The molecule has 0 spiro atoms. The van der Waals surface area contributed by atoms with Crippen molar-refractivity contribution in [1.29, 1.82) is 5.26 Å². The molecular formula is C23H17ClN8O. The fourth-order valence-electron chi connectivity index (χ4n) is 3.51. The van der Waals surface area contributed by atoms with Gasteiger partial charge in [0.1, 0.15) is 11.8 Å². The summed E-state index contributed by atoms with van der Waals surface area (Å²) in [4.78, 5) is 13.0. The van der Waals surface area contributed by atoms with E-state index in [0.29, 0.717) is 33.8 Å². The van der Waals surface area contributed by atoms with Crippen LogP contribution in [0.3, 0.4) is 0 Å². The number of hydrogen-bond acceptors (Lipinski definition) is 7. The third kappa shape index (κ3) is 3.84. The van der Waals surface area contributed by atoms with Crippen LogP contribution in [-0.4, -0.2) is 36.2 Å². The van der Waals surface area contributed by atoms with Gasteiger partial charge in [-0.3, -0.25) is 0 Å². The largest absolute Gasteiger partial charge is 0.494 e. The van der Waals surface area contributed by atoms with Crippen molar-refractivity contribution in [3.8, 4) is 28.8 Å². The van der Waals surface area contributed by atoms with Gasteiger partial charge in [0.25, 0.3) is 5.78 Å². The molecule has 2 aromatic carbocycles. The van der Waals surface area contributed by atoms with E-state index in [1.165, 1.54) is 6.20 Å². The molecule has 33 heavy (non-hydrogen) atoms. The first-order chi connectivity index (χ1) is 16.1. The van der Waals surface area contributed by atoms with Crippen LogP contribution in [0.1, 0.15) is 11.3 Å². The van der Waals surface area contributed by atoms with Crippen molar-refractivity contribution in [1.82, 2.24) is 29.1 Å². The molecule has 0 atom stereocenters. The van der Waals surface area contributed by atoms with Gasteiger partial charge < -0.3 is 14.6 Å². The highest BCUT2D eigenvalue weighted by Crippen LogP contribution is 2.29. The number of anilines is 2. The number of halogens is 1. The molecule has 3 aromatic heterocycles. The molecule has 3 heterocycles. The highest BCUT2D eigenvalue weighted by molar-refractivity contribution is 6.30. The second-order valence-electron chi connectivity index (χ2n) is 7.22. The van der Waals surface area contributed by atoms with E-state index in [4.69, 9.17) is 16.3 Å². The van der Waals surface area contributed by atoms with Gasteiger partial charge in [-0.15, -0.1) is 5.10 Å². The predicted octanol–water partition coefficient (Wildman–Crippen LogP) is 4.56. The summed E-state index contributed by atoms with van der Waals surface area (Å²) >= 11 is 6.02. The van der Waals surface area contributed by atoms with E-state index in [9.17, 15) is 5.26 Å². The van der Waals surface area contributed by atoms with Crippen molar-refractivity contribution in [3.63, 3.8) is 0 Å². The monoisotopic (exact) mass is 456 g/mol. The van der Waals surface area contributed by atoms with Crippen LogP contribution in [0, 0.1) is 18.3 Å². The average molecular weight is 457 g/mol. The molecule has 0 fully saturated rings. The molecule has 1 N–H and O–H groups in total. The van der Waals surface area contributed by atoms with Crippen molar-refractivity contribution < 1.29 is 4.74 Å². The lowest BCUT2D eigenvalue weighted by Gasteiger charge is -2.11. The molecule has 5 rings (SSSR count). The van der Waals surface area contributed by atoms with E-state index >= 15 is 0 Å². The van der Waals surface area contributed by atoms with Crippen LogP contribution < -0.4 is 10.1 Å². The molecule has 0 aliphatic rings. The lowest BCUT2D eigenvalue weighted by molar-refractivity contribution is 0.413. The van der Waals surface area contributed by atoms with Crippen LogP contribution in [-0.2, 0) is 0 Å². The summed E-state index contributed by atoms with van der Waals surface area (Å²) in [5, 5.41) is 17.9. The number of benzene rings is 2. The first kappa shape index (κ1) is 20.5. The van der Waals surface area contributed by atoms with Gasteiger partial charge in [0.2, 0.25) is 5.95 Å². The zero-order valence-electron chi connectivity index (χ0n) is 17.7. The summed E-state index contributed by atoms with van der Waals surface area (Å²) in [7, 11) is 1.61. The Kier molecular flexibility index (Phi) is 5.12. The number of nitrogens with one attached hydrogen (secondary N) is 1. The quantitative estimate of drug-likeness (QED) is 0.413. The fourth-order valence-corrected chi connectivity index (χ4v) is 3.63. The molecule has 0 aliphatic carbocycles. The number of nitrogens with zero attached hydrogens (tertiary/aromatic N) is 7. The van der Waals surface area contributed by atoms with E-state index in [2.05, 4.69) is 31.4 Å². The summed E-state index contributed by atoms with van der Waals surface area (Å²) in [5.74, 6) is 1.35. The summed E-state index contributed by atoms with van der Waals surface area (Å²) in [6.07, 6.45) is 5.15. The summed E-state index contributed by atoms with van der Waals surface area (Å²) in [5.41, 5.74) is 4.25. The maximum absolute atomic E-state index is 9.60. The summed E-state index contributed by atoms with van der Waals surface area (Å²) < 4.78 is 9.01. The SMILES string of the molecule is COc1cc(Nc2nc3ncc(C#N)c(-c4ccc(Cl)cc4)n3n2)ccc1-n1cnc(C)c1. The van der Waals surface area contributed by atoms with Gasteiger partial charge in [0.05, 0.1) is 42.3 Å². The molecule has 0 saturated heterocycles. The summed E-state index contributed by atoms with van der Waals surface area (Å²) in [6, 6.07) is 15.0. The maximum Gasteiger partial charge on any atom is 0.254 e. The van der Waals surface area contributed by atoms with Crippen LogP contribution >= 0.6 is 11.6 Å². The van der Waals surface area contributed by atoms with Gasteiger partial charge in [0, 0.05) is 28.5 Å². The van der Waals surface area contributed by atoms with E-state index in [1.54, 1.807) is 30.1 Å². The van der Waals surface area contributed by atoms with Crippen LogP contribution in [0.15, 0.2) is 61.2 Å². The smallest absolute Gasteiger partial charge is 0.254 e. The van der Waals surface area contributed by atoms with E-state index in [0.717, 1.165) is 22.6 Å². The Morgan fingerprint density at radius 2 is 1.94 bits per heavy atom. The second-order valence-corrected chi connectivity index (χ2v) is 7.66. The first-order valence-electron chi connectivity index (χ1n) is 9.93. The van der Waals surface area contributed by atoms with Crippen LogP contribution in [0.25, 0.3) is 22.7 Å². The Labute approximate surface area is 193 Å². The number of ether oxygens (including phenoxy) is 1. The lowest BCUT2D eigenvalue weighted by atomic mass is 10.1. The number of rotatable bonds is 5. The molecule has 5 aromatic rings. The number of aromatic nitrogens is 6. The summed E-state index contributed by atoms with van der Waals surface area (Å²) in [6.45, 7) is 1.93. The van der Waals surface area contributed by atoms with E-state index in [-0.39, 0.29) is 0 Å². The molecule has 0 aliphatic heterocycles. The van der Waals surface area contributed by atoms with Crippen molar-refractivity contribution >= 4 is 29.0 Å². The van der Waals surface area contributed by atoms with Crippen molar-refractivity contribution in [2.45, 2.75) is 6.92 Å². The molecule has 162 valence electrons. The van der Waals surface area contributed by atoms with Crippen molar-refractivity contribution in [3.05, 3.63) is 77.5 Å². The molecule has 10 heteroatoms. The minimum atomic E-state index is 0.334. The van der Waals surface area contributed by atoms with Gasteiger partial charge in [-0.1, -0.05) is 23.7 Å². The van der Waals surface area contributed by atoms with Crippen LogP contribution in [0.4, 0.5) is 11.6 Å².